The first-order valence-corrected chi connectivity index (χ1v) is 7.88. The van der Waals surface area contributed by atoms with Gasteiger partial charge in [-0.05, 0) is 30.7 Å². The highest BCUT2D eigenvalue weighted by molar-refractivity contribution is 5.99. The van der Waals surface area contributed by atoms with Gasteiger partial charge < -0.3 is 4.90 Å². The fourth-order valence-electron chi connectivity index (χ4n) is 2.35. The first kappa shape index (κ1) is 18.5. The Labute approximate surface area is 153 Å². The fraction of sp³-hybridized carbons (Fsp3) is 0.235. The smallest absolute Gasteiger partial charge is 0.361 e. The van der Waals surface area contributed by atoms with Crippen LogP contribution in [0.2, 0.25) is 0 Å². The molecule has 0 unspecified atom stereocenters. The summed E-state index contributed by atoms with van der Waals surface area (Å²) in [4.78, 5) is 15.8. The summed E-state index contributed by atoms with van der Waals surface area (Å²) in [5, 5.41) is 8.11. The Morgan fingerprint density at radius 2 is 1.78 bits per heavy atom. The number of amidine groups is 1. The highest BCUT2D eigenvalue weighted by atomic mass is 19.4. The molecule has 0 amide bonds. The molecule has 0 spiro atoms. The number of hydrogen-bond donors (Lipinski definition) is 0. The third-order valence-electron chi connectivity index (χ3n) is 3.64. The molecule has 7 nitrogen and oxygen atoms in total. The summed E-state index contributed by atoms with van der Waals surface area (Å²) < 4.78 is 38.0. The predicted octanol–water partition coefficient (Wildman–Crippen LogP) is 3.02. The lowest BCUT2D eigenvalue weighted by Crippen LogP contribution is -2.25. The molecule has 3 heterocycles. The minimum absolute atomic E-state index is 0.158. The van der Waals surface area contributed by atoms with Gasteiger partial charge in [0.05, 0.1) is 24.2 Å². The van der Waals surface area contributed by atoms with Gasteiger partial charge in [0.1, 0.15) is 11.4 Å². The quantitative estimate of drug-likeness (QED) is 0.520. The molecule has 3 aromatic heterocycles. The van der Waals surface area contributed by atoms with Gasteiger partial charge in [-0.15, -0.1) is 0 Å². The van der Waals surface area contributed by atoms with Crippen molar-refractivity contribution in [1.82, 2.24) is 29.9 Å². The largest absolute Gasteiger partial charge is 0.417 e. The molecule has 3 aromatic rings. The van der Waals surface area contributed by atoms with Gasteiger partial charge in [0.2, 0.25) is 0 Å². The lowest BCUT2D eigenvalue weighted by atomic mass is 10.2. The molecule has 0 aliphatic heterocycles. The SMILES string of the molecule is Cc1cc(-n2nccn2)cnc1/C(=N/c1ccc(C(F)(F)F)cn1)N(C)C. The van der Waals surface area contributed by atoms with Crippen molar-refractivity contribution in [2.75, 3.05) is 14.1 Å². The minimum atomic E-state index is -4.44. The van der Waals surface area contributed by atoms with E-state index in [1.807, 2.05) is 13.0 Å². The molecule has 27 heavy (non-hydrogen) atoms. The van der Waals surface area contributed by atoms with Crippen molar-refractivity contribution in [3.8, 4) is 5.69 Å². The van der Waals surface area contributed by atoms with Crippen LogP contribution in [-0.4, -0.2) is 49.8 Å². The number of alkyl halides is 3. The molecule has 0 radical (unpaired) electrons. The van der Waals surface area contributed by atoms with E-state index >= 15 is 0 Å². The van der Waals surface area contributed by atoms with Crippen molar-refractivity contribution in [3.05, 3.63) is 59.8 Å². The zero-order chi connectivity index (χ0) is 19.6. The normalized spacial score (nSPS) is 12.3. The van der Waals surface area contributed by atoms with Gasteiger partial charge in [-0.25, -0.2) is 9.98 Å². The van der Waals surface area contributed by atoms with Gasteiger partial charge in [0.15, 0.2) is 11.7 Å². The van der Waals surface area contributed by atoms with E-state index in [1.54, 1.807) is 37.6 Å². The van der Waals surface area contributed by atoms with Crippen LogP contribution in [0.25, 0.3) is 5.69 Å². The Bertz CT molecular complexity index is 946. The Kier molecular flexibility index (Phi) is 4.89. The van der Waals surface area contributed by atoms with Crippen LogP contribution in [0.3, 0.4) is 0 Å². The Balaban J connectivity index is 1.97. The van der Waals surface area contributed by atoms with Crippen LogP contribution in [0.5, 0.6) is 0 Å². The number of nitrogens with zero attached hydrogens (tertiary/aromatic N) is 7. The van der Waals surface area contributed by atoms with Crippen LogP contribution in [0, 0.1) is 6.92 Å². The van der Waals surface area contributed by atoms with Crippen molar-refractivity contribution >= 4 is 11.7 Å². The molecule has 0 saturated heterocycles. The van der Waals surface area contributed by atoms with Crippen LogP contribution < -0.4 is 0 Å². The van der Waals surface area contributed by atoms with Crippen LogP contribution in [0.4, 0.5) is 19.0 Å². The van der Waals surface area contributed by atoms with Crippen LogP contribution in [0.15, 0.2) is 48.0 Å². The molecule has 3 rings (SSSR count). The van der Waals surface area contributed by atoms with Gasteiger partial charge in [-0.1, -0.05) is 0 Å². The van der Waals surface area contributed by atoms with E-state index < -0.39 is 11.7 Å². The summed E-state index contributed by atoms with van der Waals surface area (Å²) in [6.07, 6.45) is 1.05. The number of halogens is 3. The molecule has 0 atom stereocenters. The first-order valence-electron chi connectivity index (χ1n) is 7.88. The molecule has 10 heteroatoms. The Hall–Kier alpha value is -3.30. The third kappa shape index (κ3) is 4.10. The first-order chi connectivity index (χ1) is 12.8. The highest BCUT2D eigenvalue weighted by Crippen LogP contribution is 2.29. The number of aromatic nitrogens is 5. The monoisotopic (exact) mass is 375 g/mol. The summed E-state index contributed by atoms with van der Waals surface area (Å²) in [7, 11) is 3.54. The highest BCUT2D eigenvalue weighted by Gasteiger charge is 2.30. The zero-order valence-electron chi connectivity index (χ0n) is 14.8. The molecule has 0 aliphatic rings. The maximum absolute atomic E-state index is 12.7. The maximum atomic E-state index is 12.7. The minimum Gasteiger partial charge on any atom is -0.361 e. The van der Waals surface area contributed by atoms with E-state index in [0.717, 1.165) is 17.8 Å². The molecule has 0 saturated carbocycles. The summed E-state index contributed by atoms with van der Waals surface area (Å²) in [5.41, 5.74) is 1.26. The van der Waals surface area contributed by atoms with E-state index in [-0.39, 0.29) is 5.82 Å². The van der Waals surface area contributed by atoms with Gasteiger partial charge in [0, 0.05) is 20.3 Å². The standard InChI is InChI=1S/C17H16F3N7/c1-11-8-13(27-23-6-7-24-27)10-22-15(11)16(26(2)3)25-14-5-4-12(9-21-14)17(18,19)20/h4-10H,1-3H3/b25-16-. The number of rotatable bonds is 3. The number of hydrogen-bond acceptors (Lipinski definition) is 5. The molecule has 0 bridgehead atoms. The van der Waals surface area contributed by atoms with Crippen molar-refractivity contribution < 1.29 is 13.2 Å². The Morgan fingerprint density at radius 3 is 2.30 bits per heavy atom. The average molecular weight is 375 g/mol. The van der Waals surface area contributed by atoms with Crippen molar-refractivity contribution in [1.29, 1.82) is 0 Å². The predicted molar refractivity (Wildman–Crippen MR) is 93.0 cm³/mol. The lowest BCUT2D eigenvalue weighted by molar-refractivity contribution is -0.137. The lowest BCUT2D eigenvalue weighted by Gasteiger charge is -2.17. The van der Waals surface area contributed by atoms with E-state index in [2.05, 4.69) is 25.2 Å². The second kappa shape index (κ2) is 7.14. The van der Waals surface area contributed by atoms with Gasteiger partial charge >= 0.3 is 6.18 Å². The second-order valence-corrected chi connectivity index (χ2v) is 5.91. The van der Waals surface area contributed by atoms with Crippen molar-refractivity contribution in [2.45, 2.75) is 13.1 Å². The van der Waals surface area contributed by atoms with E-state index in [0.29, 0.717) is 17.2 Å². The van der Waals surface area contributed by atoms with E-state index in [4.69, 9.17) is 0 Å². The molecule has 140 valence electrons. The summed E-state index contributed by atoms with van der Waals surface area (Å²) in [6.45, 7) is 1.86. The van der Waals surface area contributed by atoms with Gasteiger partial charge in [0.25, 0.3) is 0 Å². The molecule has 0 fully saturated rings. The molecular weight excluding hydrogens is 359 g/mol. The Morgan fingerprint density at radius 1 is 1.07 bits per heavy atom. The van der Waals surface area contributed by atoms with Crippen LogP contribution in [0.1, 0.15) is 16.8 Å². The summed E-state index contributed by atoms with van der Waals surface area (Å²) in [5.74, 6) is 0.630. The third-order valence-corrected chi connectivity index (χ3v) is 3.64. The van der Waals surface area contributed by atoms with Crippen molar-refractivity contribution in [3.63, 3.8) is 0 Å². The fourth-order valence-corrected chi connectivity index (χ4v) is 2.35. The topological polar surface area (TPSA) is 72.1 Å². The van der Waals surface area contributed by atoms with E-state index in [1.165, 1.54) is 10.9 Å². The summed E-state index contributed by atoms with van der Waals surface area (Å²) >= 11 is 0. The average Bonchev–Trinajstić information content (AvgIpc) is 3.14. The number of aliphatic imine (C=N–C) groups is 1. The molecule has 0 N–H and O–H groups in total. The molecule has 0 aliphatic carbocycles. The van der Waals surface area contributed by atoms with E-state index in [9.17, 15) is 13.2 Å². The van der Waals surface area contributed by atoms with Gasteiger partial charge in [-0.3, -0.25) is 4.98 Å². The van der Waals surface area contributed by atoms with Crippen molar-refractivity contribution in [2.24, 2.45) is 4.99 Å². The van der Waals surface area contributed by atoms with Crippen LogP contribution in [-0.2, 0) is 6.18 Å². The summed E-state index contributed by atoms with van der Waals surface area (Å²) in [6, 6.07) is 4.02. The number of aryl methyl sites for hydroxylation is 1. The molecular formula is C17H16F3N7. The second-order valence-electron chi connectivity index (χ2n) is 5.91. The zero-order valence-corrected chi connectivity index (χ0v) is 14.8. The maximum Gasteiger partial charge on any atom is 0.417 e. The van der Waals surface area contributed by atoms with Crippen LogP contribution >= 0.6 is 0 Å². The van der Waals surface area contributed by atoms with Gasteiger partial charge in [-0.2, -0.15) is 28.2 Å². The molecule has 0 aromatic carbocycles. The number of pyridine rings is 2.